The number of nitrogens with zero attached hydrogens (tertiary/aromatic N) is 2. The van der Waals surface area contributed by atoms with E-state index in [1.54, 1.807) is 24.3 Å². The molecule has 6 nitrogen and oxygen atoms in total. The molecule has 0 spiro atoms. The zero-order chi connectivity index (χ0) is 20.5. The standard InChI is InChI=1S/C22H22FN3O3/c1-13(19-7-6-17(12-24)25-19)29-18-10-15(11-18)22(28)26-20(8-9-21(26)27)14-2-4-16(23)5-3-14/h2-7,15,18,20-21,25,27H,1,8-11H2. The predicted octanol–water partition coefficient (Wildman–Crippen LogP) is 3.47. The molecule has 1 saturated carbocycles. The van der Waals surface area contributed by atoms with E-state index in [2.05, 4.69) is 11.6 Å². The van der Waals surface area contributed by atoms with E-state index in [1.165, 1.54) is 17.0 Å². The second-order valence-corrected chi connectivity index (χ2v) is 7.60. The minimum absolute atomic E-state index is 0.0959. The van der Waals surface area contributed by atoms with Gasteiger partial charge >= 0.3 is 0 Å². The van der Waals surface area contributed by atoms with Crippen molar-refractivity contribution in [1.82, 2.24) is 9.88 Å². The van der Waals surface area contributed by atoms with Crippen LogP contribution >= 0.6 is 0 Å². The molecule has 2 aliphatic rings. The Kier molecular flexibility index (Phi) is 5.12. The van der Waals surface area contributed by atoms with Crippen LogP contribution < -0.4 is 0 Å². The van der Waals surface area contributed by atoms with Crippen molar-refractivity contribution < 1.29 is 19.0 Å². The lowest BCUT2D eigenvalue weighted by atomic mass is 9.81. The molecular weight excluding hydrogens is 373 g/mol. The summed E-state index contributed by atoms with van der Waals surface area (Å²) in [5, 5.41) is 19.2. The van der Waals surface area contributed by atoms with Crippen molar-refractivity contribution in [1.29, 1.82) is 5.26 Å². The summed E-state index contributed by atoms with van der Waals surface area (Å²) in [4.78, 5) is 17.4. The van der Waals surface area contributed by atoms with Crippen LogP contribution in [0.2, 0.25) is 0 Å². The molecule has 2 N–H and O–H groups in total. The number of hydrogen-bond donors (Lipinski definition) is 2. The highest BCUT2D eigenvalue weighted by molar-refractivity contribution is 5.81. The number of halogens is 1. The van der Waals surface area contributed by atoms with E-state index in [4.69, 9.17) is 10.00 Å². The molecule has 4 rings (SSSR count). The van der Waals surface area contributed by atoms with E-state index in [0.29, 0.717) is 42.8 Å². The van der Waals surface area contributed by atoms with Crippen molar-refractivity contribution >= 4 is 11.7 Å². The van der Waals surface area contributed by atoms with Crippen LogP contribution in [0.5, 0.6) is 0 Å². The van der Waals surface area contributed by atoms with E-state index in [9.17, 15) is 14.3 Å². The first-order valence-corrected chi connectivity index (χ1v) is 9.67. The molecule has 1 aliphatic heterocycles. The maximum Gasteiger partial charge on any atom is 0.228 e. The van der Waals surface area contributed by atoms with Gasteiger partial charge in [0.25, 0.3) is 0 Å². The van der Waals surface area contributed by atoms with Crippen molar-refractivity contribution in [3.8, 4) is 6.07 Å². The number of hydrogen-bond acceptors (Lipinski definition) is 4. The van der Waals surface area contributed by atoms with Gasteiger partial charge in [-0.1, -0.05) is 18.7 Å². The molecule has 2 unspecified atom stereocenters. The Morgan fingerprint density at radius 1 is 1.24 bits per heavy atom. The normalized spacial score (nSPS) is 25.9. The number of likely N-dealkylation sites (tertiary alicyclic amines) is 1. The van der Waals surface area contributed by atoms with Gasteiger partial charge < -0.3 is 19.7 Å². The van der Waals surface area contributed by atoms with E-state index < -0.39 is 6.23 Å². The maximum atomic E-state index is 13.2. The van der Waals surface area contributed by atoms with E-state index >= 15 is 0 Å². The number of aliphatic hydroxyl groups is 1. The van der Waals surface area contributed by atoms with Gasteiger partial charge in [-0.15, -0.1) is 0 Å². The fourth-order valence-corrected chi connectivity index (χ4v) is 4.07. The second kappa shape index (κ2) is 7.72. The SMILES string of the molecule is C=C(OC1CC(C(=O)N2C(O)CCC2c2ccc(F)cc2)C1)c1ccc(C#N)[nH]1. The van der Waals surface area contributed by atoms with Gasteiger partial charge in [0, 0.05) is 5.92 Å². The molecule has 1 amide bonds. The van der Waals surface area contributed by atoms with Gasteiger partial charge in [-0.25, -0.2) is 4.39 Å². The zero-order valence-corrected chi connectivity index (χ0v) is 15.8. The Labute approximate surface area is 168 Å². The highest BCUT2D eigenvalue weighted by Crippen LogP contribution is 2.41. The number of aromatic nitrogens is 1. The number of ether oxygens (including phenoxy) is 1. The molecule has 2 heterocycles. The molecule has 1 aromatic heterocycles. The number of nitrogens with one attached hydrogen (secondary N) is 1. The summed E-state index contributed by atoms with van der Waals surface area (Å²) in [5.41, 5.74) is 1.90. The van der Waals surface area contributed by atoms with Crippen molar-refractivity contribution in [3.05, 3.63) is 65.7 Å². The van der Waals surface area contributed by atoms with Crippen LogP contribution in [0.3, 0.4) is 0 Å². The minimum atomic E-state index is -0.823. The lowest BCUT2D eigenvalue weighted by Crippen LogP contribution is -2.47. The van der Waals surface area contributed by atoms with Gasteiger partial charge in [0.15, 0.2) is 0 Å². The number of aliphatic hydroxyl groups excluding tert-OH is 1. The van der Waals surface area contributed by atoms with Gasteiger partial charge in [-0.2, -0.15) is 5.26 Å². The molecule has 1 aliphatic carbocycles. The second-order valence-electron chi connectivity index (χ2n) is 7.60. The third-order valence-corrected chi connectivity index (χ3v) is 5.72. The number of aromatic amines is 1. The minimum Gasteiger partial charge on any atom is -0.489 e. The summed E-state index contributed by atoms with van der Waals surface area (Å²) < 4.78 is 19.0. The number of nitriles is 1. The van der Waals surface area contributed by atoms with Crippen molar-refractivity contribution in [2.45, 2.75) is 44.1 Å². The number of benzene rings is 1. The zero-order valence-electron chi connectivity index (χ0n) is 15.8. The van der Waals surface area contributed by atoms with Crippen LogP contribution in [0.1, 0.15) is 48.7 Å². The average Bonchev–Trinajstić information content (AvgIpc) is 3.31. The molecule has 7 heteroatoms. The van der Waals surface area contributed by atoms with E-state index in [0.717, 1.165) is 5.56 Å². The molecule has 2 aromatic rings. The summed E-state index contributed by atoms with van der Waals surface area (Å²) in [6.45, 7) is 3.88. The number of rotatable bonds is 5. The Bertz CT molecular complexity index is 956. The Morgan fingerprint density at radius 2 is 1.97 bits per heavy atom. The Balaban J connectivity index is 1.36. The van der Waals surface area contributed by atoms with Crippen LogP contribution in [0, 0.1) is 23.1 Å². The lowest BCUT2D eigenvalue weighted by Gasteiger charge is -2.39. The number of carbonyl (C=O) groups excluding carboxylic acids is 1. The van der Waals surface area contributed by atoms with Crippen LogP contribution in [-0.4, -0.2) is 33.2 Å². The molecular formula is C22H22FN3O3. The van der Waals surface area contributed by atoms with E-state index in [1.807, 2.05) is 6.07 Å². The maximum absolute atomic E-state index is 13.2. The smallest absolute Gasteiger partial charge is 0.228 e. The van der Waals surface area contributed by atoms with Crippen molar-refractivity contribution in [2.75, 3.05) is 0 Å². The highest BCUT2D eigenvalue weighted by atomic mass is 19.1. The average molecular weight is 395 g/mol. The van der Waals surface area contributed by atoms with Crippen molar-refractivity contribution in [3.63, 3.8) is 0 Å². The number of H-pyrrole nitrogens is 1. The quantitative estimate of drug-likeness (QED) is 0.759. The molecule has 29 heavy (non-hydrogen) atoms. The third kappa shape index (κ3) is 3.76. The third-order valence-electron chi connectivity index (χ3n) is 5.72. The van der Waals surface area contributed by atoms with Crippen LogP contribution in [-0.2, 0) is 9.53 Å². The first-order chi connectivity index (χ1) is 14.0. The molecule has 2 fully saturated rings. The van der Waals surface area contributed by atoms with E-state index in [-0.39, 0.29) is 29.8 Å². The largest absolute Gasteiger partial charge is 0.489 e. The van der Waals surface area contributed by atoms with Crippen LogP contribution in [0.4, 0.5) is 4.39 Å². The van der Waals surface area contributed by atoms with Crippen molar-refractivity contribution in [2.24, 2.45) is 5.92 Å². The summed E-state index contributed by atoms with van der Waals surface area (Å²) in [6, 6.07) is 11.2. The van der Waals surface area contributed by atoms with Gasteiger partial charge in [-0.05, 0) is 55.5 Å². The summed E-state index contributed by atoms with van der Waals surface area (Å²) in [7, 11) is 0. The number of carbonyl (C=O) groups is 1. The fraction of sp³-hybridized carbons (Fsp3) is 0.364. The summed E-state index contributed by atoms with van der Waals surface area (Å²) in [5.74, 6) is -0.204. The molecule has 2 atom stereocenters. The topological polar surface area (TPSA) is 89.3 Å². The molecule has 1 aromatic carbocycles. The van der Waals surface area contributed by atoms with Gasteiger partial charge in [0.2, 0.25) is 5.91 Å². The van der Waals surface area contributed by atoms with Crippen LogP contribution in [0.25, 0.3) is 5.76 Å². The first kappa shape index (κ1) is 19.2. The van der Waals surface area contributed by atoms with Gasteiger partial charge in [0.05, 0.1) is 11.7 Å². The summed E-state index contributed by atoms with van der Waals surface area (Å²) >= 11 is 0. The predicted molar refractivity (Wildman–Crippen MR) is 103 cm³/mol. The monoisotopic (exact) mass is 395 g/mol. The first-order valence-electron chi connectivity index (χ1n) is 9.67. The summed E-state index contributed by atoms with van der Waals surface area (Å²) in [6.07, 6.45) is 1.29. The van der Waals surface area contributed by atoms with Crippen LogP contribution in [0.15, 0.2) is 43.0 Å². The van der Waals surface area contributed by atoms with Gasteiger partial charge in [-0.3, -0.25) is 4.79 Å². The number of amides is 1. The molecule has 150 valence electrons. The molecule has 0 radical (unpaired) electrons. The molecule has 1 saturated heterocycles. The molecule has 0 bridgehead atoms. The lowest BCUT2D eigenvalue weighted by molar-refractivity contribution is -0.152. The Hall–Kier alpha value is -3.11. The van der Waals surface area contributed by atoms with Gasteiger partial charge in [0.1, 0.15) is 35.7 Å². The fourth-order valence-electron chi connectivity index (χ4n) is 4.07. The Morgan fingerprint density at radius 3 is 2.62 bits per heavy atom. The highest BCUT2D eigenvalue weighted by Gasteiger charge is 2.44.